The van der Waals surface area contributed by atoms with Gasteiger partial charge in [-0.25, -0.2) is 0 Å². The molecule has 0 unspecified atom stereocenters. The normalized spacial score (nSPS) is 12.2. The van der Waals surface area contributed by atoms with E-state index in [2.05, 4.69) is 177 Å². The molecule has 0 N–H and O–H groups in total. The van der Waals surface area contributed by atoms with Gasteiger partial charge in [-0.3, -0.25) is 9.97 Å². The summed E-state index contributed by atoms with van der Waals surface area (Å²) in [5.74, 6) is 0. The predicted octanol–water partition coefficient (Wildman–Crippen LogP) is 18.7. The number of hydrogen-bond donors (Lipinski definition) is 0. The van der Waals surface area contributed by atoms with Gasteiger partial charge >= 0.3 is 0 Å². The van der Waals surface area contributed by atoms with Crippen molar-refractivity contribution >= 4 is 131 Å². The molecule has 8 aromatic heterocycles. The molecule has 0 saturated carbocycles. The van der Waals surface area contributed by atoms with Crippen molar-refractivity contribution in [1.82, 2.24) is 23.7 Å². The van der Waals surface area contributed by atoms with Crippen molar-refractivity contribution < 1.29 is 13.3 Å². The lowest BCUT2D eigenvalue weighted by Gasteiger charge is -2.28. The molecule has 18 rings (SSSR count). The van der Waals surface area contributed by atoms with Gasteiger partial charge in [-0.05, 0) is 84.9 Å². The van der Waals surface area contributed by atoms with Gasteiger partial charge in [0.2, 0.25) is 0 Å². The maximum Gasteiger partial charge on any atom is 0.137 e. The molecule has 0 saturated heterocycles. The Hall–Kier alpha value is -11.2. The first-order chi connectivity index (χ1) is 39.7. The zero-order valence-electron chi connectivity index (χ0n) is 42.3. The summed E-state index contributed by atoms with van der Waals surface area (Å²) in [6, 6.07) is 74.6. The molecule has 9 heteroatoms. The van der Waals surface area contributed by atoms with E-state index in [4.69, 9.17) is 23.2 Å². The third-order valence-corrected chi connectivity index (χ3v) is 16.6. The van der Waals surface area contributed by atoms with E-state index < -0.39 is 0 Å². The fourth-order valence-electron chi connectivity index (χ4n) is 13.5. The molecule has 10 aromatic carbocycles. The van der Waals surface area contributed by atoms with Gasteiger partial charge < -0.3 is 27.0 Å². The van der Waals surface area contributed by atoms with E-state index in [1.165, 1.54) is 0 Å². The fourth-order valence-corrected chi connectivity index (χ4v) is 13.5. The third-order valence-electron chi connectivity index (χ3n) is 16.6. The maximum atomic E-state index is 13.0. The number of rotatable bonds is 5. The van der Waals surface area contributed by atoms with Crippen LogP contribution in [0.25, 0.3) is 171 Å². The maximum absolute atomic E-state index is 13.0. The minimum absolute atomic E-state index is 0.436. The number of hydrogen-bond acceptors (Lipinski definition) is 6. The standard InChI is InChI=1S/C71H38N6O3/c72-37-51-69(75-52-23-7-1-17-42(52)45-29-32-58-63(66(45)75)48-20-4-10-26-55(48)78-58)61(40-15-13-35-73-38-40)71(77-54-25-9-3-19-44(54)47-31-34-60-65(68(47)77)50-22-6-12-28-57(50)80-60)62(41-16-14-36-74-39-41)70(51)76-53-24-8-2-18-43(53)46-30-33-59-64(67(46)76)49-21-5-11-27-56(49)79-59/h1-36,38-39H. The summed E-state index contributed by atoms with van der Waals surface area (Å²) in [6.45, 7) is 0. The van der Waals surface area contributed by atoms with Gasteiger partial charge in [-0.1, -0.05) is 121 Å². The topological polar surface area (TPSA) is 104 Å². The molecule has 0 fully saturated rings. The van der Waals surface area contributed by atoms with Crippen molar-refractivity contribution in [3.05, 3.63) is 237 Å². The van der Waals surface area contributed by atoms with Crippen molar-refractivity contribution in [2.24, 2.45) is 0 Å². The first kappa shape index (κ1) is 43.0. The van der Waals surface area contributed by atoms with Crippen molar-refractivity contribution in [2.45, 2.75) is 0 Å². The SMILES string of the molecule is N#Cc1c(-n2c3ccccc3c3ccc4oc5ccccc5c4c32)c(-c2cccnc2)c(-n2c3ccccc3c3ccc4oc5ccccc5c4c32)c(-c2cccnc2)c1-n1c2ccccc2c2ccc3oc4ccccc4c3c21. The molecule has 8 heterocycles. The average Bonchev–Trinajstić information content (AvgIpc) is 4.47. The molecule has 18 aromatic rings. The summed E-state index contributed by atoms with van der Waals surface area (Å²) in [6.07, 6.45) is 7.49. The van der Waals surface area contributed by atoms with Gasteiger partial charge in [0.05, 0.1) is 66.3 Å². The van der Waals surface area contributed by atoms with Crippen LogP contribution in [-0.4, -0.2) is 23.7 Å². The molecule has 370 valence electrons. The number of fused-ring (bicyclic) bond motifs is 21. The number of benzene rings is 10. The molecular weight excluding hydrogens is 985 g/mol. The second kappa shape index (κ2) is 15.9. The fraction of sp³-hybridized carbons (Fsp3) is 0. The Balaban J connectivity index is 1.20. The average molecular weight is 1020 g/mol. The van der Waals surface area contributed by atoms with E-state index in [1.807, 2.05) is 73.3 Å². The second-order valence-electron chi connectivity index (χ2n) is 20.6. The van der Waals surface area contributed by atoms with Gasteiger partial charge in [-0.2, -0.15) is 5.26 Å². The van der Waals surface area contributed by atoms with Crippen LogP contribution in [-0.2, 0) is 0 Å². The highest BCUT2D eigenvalue weighted by Crippen LogP contribution is 2.54. The smallest absolute Gasteiger partial charge is 0.137 e. The van der Waals surface area contributed by atoms with E-state index >= 15 is 0 Å². The molecule has 0 bridgehead atoms. The Bertz CT molecular complexity index is 5490. The molecule has 9 nitrogen and oxygen atoms in total. The molecule has 0 aliphatic heterocycles. The molecular formula is C71H38N6O3. The van der Waals surface area contributed by atoms with Crippen molar-refractivity contribution in [3.63, 3.8) is 0 Å². The highest BCUT2D eigenvalue weighted by Gasteiger charge is 2.35. The van der Waals surface area contributed by atoms with Crippen LogP contribution >= 0.6 is 0 Å². The number of aromatic nitrogens is 5. The second-order valence-corrected chi connectivity index (χ2v) is 20.6. The summed E-state index contributed by atoms with van der Waals surface area (Å²) in [5.41, 5.74) is 16.0. The lowest BCUT2D eigenvalue weighted by Crippen LogP contribution is -2.13. The lowest BCUT2D eigenvalue weighted by atomic mass is 9.89. The number of para-hydroxylation sites is 6. The Labute approximate surface area is 453 Å². The van der Waals surface area contributed by atoms with Gasteiger partial charge in [0.25, 0.3) is 0 Å². The zero-order valence-corrected chi connectivity index (χ0v) is 42.3. The van der Waals surface area contributed by atoms with Crippen LogP contribution < -0.4 is 0 Å². The monoisotopic (exact) mass is 1020 g/mol. The minimum atomic E-state index is 0.436. The Morgan fingerprint density at radius 3 is 1.00 bits per heavy atom. The summed E-state index contributed by atoms with van der Waals surface area (Å²) in [4.78, 5) is 9.86. The van der Waals surface area contributed by atoms with Crippen molar-refractivity contribution in [2.75, 3.05) is 0 Å². The Morgan fingerprint density at radius 2 is 0.650 bits per heavy atom. The molecule has 0 radical (unpaired) electrons. The molecule has 80 heavy (non-hydrogen) atoms. The van der Waals surface area contributed by atoms with E-state index in [0.717, 1.165) is 159 Å². The number of nitriles is 1. The highest BCUT2D eigenvalue weighted by molar-refractivity contribution is 6.29. The van der Waals surface area contributed by atoms with E-state index in [0.29, 0.717) is 16.9 Å². The first-order valence-electron chi connectivity index (χ1n) is 26.7. The summed E-state index contributed by atoms with van der Waals surface area (Å²) in [7, 11) is 0. The van der Waals surface area contributed by atoms with Crippen LogP contribution in [0.15, 0.2) is 244 Å². The van der Waals surface area contributed by atoms with Gasteiger partial charge in [0.1, 0.15) is 45.1 Å². The molecule has 0 aliphatic carbocycles. The van der Waals surface area contributed by atoms with E-state index in [-0.39, 0.29) is 0 Å². The molecule has 0 aliphatic rings. The van der Waals surface area contributed by atoms with Crippen LogP contribution in [0.3, 0.4) is 0 Å². The largest absolute Gasteiger partial charge is 0.456 e. The summed E-state index contributed by atoms with van der Waals surface area (Å²) < 4.78 is 27.5. The molecule has 0 spiro atoms. The zero-order chi connectivity index (χ0) is 52.3. The Morgan fingerprint density at radius 1 is 0.312 bits per heavy atom. The molecule has 0 atom stereocenters. The van der Waals surface area contributed by atoms with Crippen LogP contribution in [0.5, 0.6) is 0 Å². The number of furan rings is 3. The Kier molecular flexibility index (Phi) is 8.55. The summed E-state index contributed by atoms with van der Waals surface area (Å²) >= 11 is 0. The van der Waals surface area contributed by atoms with Crippen molar-refractivity contribution in [1.29, 1.82) is 5.26 Å². The van der Waals surface area contributed by atoms with E-state index in [1.54, 1.807) is 0 Å². The van der Waals surface area contributed by atoms with Crippen LogP contribution in [0.4, 0.5) is 0 Å². The predicted molar refractivity (Wildman–Crippen MR) is 322 cm³/mol. The third kappa shape index (κ3) is 5.57. The number of nitrogens with zero attached hydrogens (tertiary/aromatic N) is 6. The quantitative estimate of drug-likeness (QED) is 0.170. The molecule has 0 amide bonds. The van der Waals surface area contributed by atoms with Crippen LogP contribution in [0, 0.1) is 11.3 Å². The minimum Gasteiger partial charge on any atom is -0.456 e. The van der Waals surface area contributed by atoms with Crippen LogP contribution in [0.1, 0.15) is 5.56 Å². The first-order valence-corrected chi connectivity index (χ1v) is 26.7. The van der Waals surface area contributed by atoms with Gasteiger partial charge in [0.15, 0.2) is 0 Å². The summed E-state index contributed by atoms with van der Waals surface area (Å²) in [5, 5.41) is 25.0. The van der Waals surface area contributed by atoms with Gasteiger partial charge in [-0.15, -0.1) is 0 Å². The lowest BCUT2D eigenvalue weighted by molar-refractivity contribution is 0.669. The van der Waals surface area contributed by atoms with Gasteiger partial charge in [0, 0.05) is 95.5 Å². The van der Waals surface area contributed by atoms with Crippen LogP contribution in [0.2, 0.25) is 0 Å². The van der Waals surface area contributed by atoms with Crippen molar-refractivity contribution in [3.8, 4) is 45.4 Å². The van der Waals surface area contributed by atoms with E-state index in [9.17, 15) is 5.26 Å². The number of pyridine rings is 2. The highest BCUT2D eigenvalue weighted by atomic mass is 16.3.